The fourth-order valence-electron chi connectivity index (χ4n) is 4.18. The minimum Gasteiger partial charge on any atom is -0.456 e. The van der Waals surface area contributed by atoms with Crippen LogP contribution in [0, 0.1) is 0 Å². The number of hydrogen-bond acceptors (Lipinski definition) is 5. The Morgan fingerprint density at radius 1 is 0.743 bits per heavy atom. The molecule has 8 heteroatoms. The Morgan fingerprint density at radius 3 is 1.74 bits per heavy atom. The van der Waals surface area contributed by atoms with Gasteiger partial charge in [0.2, 0.25) is 10.0 Å². The summed E-state index contributed by atoms with van der Waals surface area (Å²) in [6.45, 7) is 0.529. The number of rotatable bonds is 8. The topological polar surface area (TPSA) is 84.0 Å². The Bertz CT molecular complexity index is 1190. The van der Waals surface area contributed by atoms with E-state index >= 15 is 0 Å². The van der Waals surface area contributed by atoms with Gasteiger partial charge in [-0.1, -0.05) is 78.9 Å². The molecule has 0 unspecified atom stereocenters. The van der Waals surface area contributed by atoms with E-state index in [-0.39, 0.29) is 55.9 Å². The fourth-order valence-corrected chi connectivity index (χ4v) is 5.62. The van der Waals surface area contributed by atoms with Crippen molar-refractivity contribution in [3.8, 4) is 0 Å². The van der Waals surface area contributed by atoms with E-state index in [2.05, 4.69) is 0 Å². The van der Waals surface area contributed by atoms with E-state index in [1.165, 1.54) is 9.21 Å². The number of sulfonamides is 1. The lowest BCUT2D eigenvalue weighted by Crippen LogP contribution is -2.51. The van der Waals surface area contributed by atoms with Gasteiger partial charge in [-0.3, -0.25) is 9.59 Å². The molecule has 0 atom stereocenters. The fraction of sp³-hybridized carbons (Fsp3) is 0.259. The number of carbonyl (C=O) groups excluding carboxylic acids is 2. The molecule has 0 saturated carbocycles. The first-order valence-electron chi connectivity index (χ1n) is 11.5. The third-order valence-corrected chi connectivity index (χ3v) is 8.02. The van der Waals surface area contributed by atoms with Gasteiger partial charge in [0.15, 0.2) is 6.61 Å². The molecule has 1 aliphatic rings. The van der Waals surface area contributed by atoms with Crippen LogP contribution in [0.15, 0.2) is 95.9 Å². The number of hydrogen-bond donors (Lipinski definition) is 0. The average molecular weight is 493 g/mol. The molecule has 4 rings (SSSR count). The van der Waals surface area contributed by atoms with E-state index in [9.17, 15) is 18.0 Å². The van der Waals surface area contributed by atoms with Crippen LogP contribution in [0.2, 0.25) is 0 Å². The number of carbonyl (C=O) groups is 2. The van der Waals surface area contributed by atoms with Crippen molar-refractivity contribution in [3.63, 3.8) is 0 Å². The van der Waals surface area contributed by atoms with Crippen molar-refractivity contribution in [1.82, 2.24) is 9.21 Å². The quantitative estimate of drug-likeness (QED) is 0.451. The third kappa shape index (κ3) is 6.15. The average Bonchev–Trinajstić information content (AvgIpc) is 2.92. The van der Waals surface area contributed by atoms with Crippen molar-refractivity contribution in [2.24, 2.45) is 0 Å². The molecule has 0 bridgehead atoms. The first-order valence-corrected chi connectivity index (χ1v) is 13.0. The number of benzene rings is 3. The highest BCUT2D eigenvalue weighted by Gasteiger charge is 2.30. The molecular formula is C27H28N2O5S. The lowest BCUT2D eigenvalue weighted by Gasteiger charge is -2.33. The Kier molecular flexibility index (Phi) is 7.94. The third-order valence-electron chi connectivity index (χ3n) is 6.10. The molecule has 0 radical (unpaired) electrons. The maximum Gasteiger partial charge on any atom is 0.307 e. The van der Waals surface area contributed by atoms with Crippen LogP contribution < -0.4 is 0 Å². The second kappa shape index (κ2) is 11.3. The summed E-state index contributed by atoms with van der Waals surface area (Å²) in [6, 6.07) is 27.7. The minimum atomic E-state index is -3.59. The molecule has 0 aliphatic carbocycles. The molecule has 0 aromatic heterocycles. The first-order chi connectivity index (χ1) is 16.9. The van der Waals surface area contributed by atoms with Gasteiger partial charge in [0, 0.05) is 32.1 Å². The van der Waals surface area contributed by atoms with Crippen LogP contribution in [0.5, 0.6) is 0 Å². The minimum absolute atomic E-state index is 0.115. The summed E-state index contributed by atoms with van der Waals surface area (Å²) in [5.74, 6) is -0.959. The molecule has 0 spiro atoms. The van der Waals surface area contributed by atoms with Gasteiger partial charge in [-0.25, -0.2) is 8.42 Å². The maximum atomic E-state index is 12.8. The monoisotopic (exact) mass is 492 g/mol. The predicted octanol–water partition coefficient (Wildman–Crippen LogP) is 3.28. The zero-order valence-corrected chi connectivity index (χ0v) is 20.1. The summed E-state index contributed by atoms with van der Waals surface area (Å²) in [7, 11) is -3.59. The maximum absolute atomic E-state index is 12.8. The van der Waals surface area contributed by atoms with E-state index in [0.29, 0.717) is 0 Å². The summed E-state index contributed by atoms with van der Waals surface area (Å²) in [5.41, 5.74) is 2.00. The van der Waals surface area contributed by atoms with Gasteiger partial charge >= 0.3 is 5.97 Å². The molecule has 0 N–H and O–H groups in total. The molecule has 3 aromatic carbocycles. The van der Waals surface area contributed by atoms with Crippen LogP contribution in [0.1, 0.15) is 23.5 Å². The SMILES string of the molecule is O=C(CC(c1ccccc1)c1ccccc1)OCC(=O)N1CCN(S(=O)(=O)c2ccccc2)CC1. The van der Waals surface area contributed by atoms with Crippen LogP contribution in [0.3, 0.4) is 0 Å². The van der Waals surface area contributed by atoms with E-state index in [4.69, 9.17) is 4.74 Å². The van der Waals surface area contributed by atoms with Gasteiger partial charge in [0.1, 0.15) is 0 Å². The van der Waals surface area contributed by atoms with Gasteiger partial charge in [-0.05, 0) is 23.3 Å². The van der Waals surface area contributed by atoms with Crippen molar-refractivity contribution in [1.29, 1.82) is 0 Å². The lowest BCUT2D eigenvalue weighted by molar-refractivity contribution is -0.152. The number of piperazine rings is 1. The summed E-state index contributed by atoms with van der Waals surface area (Å²) in [5, 5.41) is 0. The second-order valence-electron chi connectivity index (χ2n) is 8.34. The highest BCUT2D eigenvalue weighted by atomic mass is 32.2. The molecule has 182 valence electrons. The van der Waals surface area contributed by atoms with Gasteiger partial charge in [-0.2, -0.15) is 4.31 Å². The number of amides is 1. The highest BCUT2D eigenvalue weighted by Crippen LogP contribution is 2.28. The summed E-state index contributed by atoms with van der Waals surface area (Å²) >= 11 is 0. The zero-order chi connectivity index (χ0) is 24.7. The number of esters is 1. The molecule has 35 heavy (non-hydrogen) atoms. The smallest absolute Gasteiger partial charge is 0.307 e. The Balaban J connectivity index is 1.30. The van der Waals surface area contributed by atoms with Gasteiger partial charge in [0.05, 0.1) is 11.3 Å². The number of ether oxygens (including phenoxy) is 1. The van der Waals surface area contributed by atoms with Gasteiger partial charge < -0.3 is 9.64 Å². The standard InChI is InChI=1S/C27H28N2O5S/c30-26(28-16-18-29(19-17-28)35(32,33)24-14-8-3-9-15-24)21-34-27(31)20-25(22-10-4-1-5-11-22)23-12-6-2-7-13-23/h1-15,25H,16-21H2. The molecule has 1 saturated heterocycles. The number of nitrogens with zero attached hydrogens (tertiary/aromatic N) is 2. The highest BCUT2D eigenvalue weighted by molar-refractivity contribution is 7.89. The van der Waals surface area contributed by atoms with Crippen LogP contribution in [0.4, 0.5) is 0 Å². The van der Waals surface area contributed by atoms with Crippen molar-refractivity contribution in [2.45, 2.75) is 17.2 Å². The Labute approximate surface area is 206 Å². The zero-order valence-electron chi connectivity index (χ0n) is 19.3. The molecule has 3 aromatic rings. The van der Waals surface area contributed by atoms with Crippen LogP contribution >= 0.6 is 0 Å². The lowest BCUT2D eigenvalue weighted by atomic mass is 9.89. The van der Waals surface area contributed by atoms with Crippen molar-refractivity contribution in [2.75, 3.05) is 32.8 Å². The van der Waals surface area contributed by atoms with Crippen molar-refractivity contribution in [3.05, 3.63) is 102 Å². The molecule has 1 heterocycles. The normalized spacial score (nSPS) is 14.6. The van der Waals surface area contributed by atoms with E-state index in [0.717, 1.165) is 11.1 Å². The molecule has 1 aliphatic heterocycles. The van der Waals surface area contributed by atoms with Gasteiger partial charge in [-0.15, -0.1) is 0 Å². The van der Waals surface area contributed by atoms with Crippen LogP contribution in [0.25, 0.3) is 0 Å². The largest absolute Gasteiger partial charge is 0.456 e. The molecular weight excluding hydrogens is 464 g/mol. The van der Waals surface area contributed by atoms with E-state index in [1.54, 1.807) is 30.3 Å². The molecule has 1 amide bonds. The molecule has 1 fully saturated rings. The Hall–Kier alpha value is -3.49. The van der Waals surface area contributed by atoms with E-state index in [1.807, 2.05) is 60.7 Å². The second-order valence-corrected chi connectivity index (χ2v) is 10.3. The first kappa shape index (κ1) is 24.6. The van der Waals surface area contributed by atoms with Gasteiger partial charge in [0.25, 0.3) is 5.91 Å². The van der Waals surface area contributed by atoms with Crippen LogP contribution in [-0.2, 0) is 24.3 Å². The summed E-state index contributed by atoms with van der Waals surface area (Å²) in [4.78, 5) is 27.1. The van der Waals surface area contributed by atoms with E-state index < -0.39 is 16.0 Å². The van der Waals surface area contributed by atoms with Crippen LogP contribution in [-0.4, -0.2) is 62.3 Å². The molecule has 7 nitrogen and oxygen atoms in total. The van der Waals surface area contributed by atoms with Crippen molar-refractivity contribution < 1.29 is 22.7 Å². The summed E-state index contributed by atoms with van der Waals surface area (Å²) < 4.78 is 32.2. The Morgan fingerprint density at radius 2 is 1.23 bits per heavy atom. The van der Waals surface area contributed by atoms with Crippen molar-refractivity contribution >= 4 is 21.9 Å². The predicted molar refractivity (Wildman–Crippen MR) is 132 cm³/mol. The summed E-state index contributed by atoms with van der Waals surface area (Å²) in [6.07, 6.45) is 0.115.